The fourth-order valence-corrected chi connectivity index (χ4v) is 4.50. The van der Waals surface area contributed by atoms with Crippen LogP contribution in [-0.4, -0.2) is 46.4 Å². The molecule has 0 amide bonds. The van der Waals surface area contributed by atoms with Crippen molar-refractivity contribution >= 4 is 0 Å². The molecule has 138 valence electrons. The van der Waals surface area contributed by atoms with Crippen molar-refractivity contribution in [3.63, 3.8) is 0 Å². The molecule has 2 aliphatic heterocycles. The van der Waals surface area contributed by atoms with Crippen LogP contribution in [0.25, 0.3) is 11.1 Å². The second-order valence-electron chi connectivity index (χ2n) is 7.91. The number of aliphatic hydroxyl groups is 1. The first kappa shape index (κ1) is 17.7. The van der Waals surface area contributed by atoms with Crippen LogP contribution in [0.5, 0.6) is 0 Å². The summed E-state index contributed by atoms with van der Waals surface area (Å²) < 4.78 is 5.71. The van der Waals surface area contributed by atoms with Crippen LogP contribution < -0.4 is 0 Å². The average Bonchev–Trinajstić information content (AvgIpc) is 3.10. The topological polar surface area (TPSA) is 45.6 Å². The molecule has 4 nitrogen and oxygen atoms in total. The standard InChI is InChI=1S/C22H28N2O2/c1-22(25)9-12-26-16-20(22)21-8-4-11-24(21)15-17-5-2-6-18(13-17)19-7-3-10-23-14-19/h2-3,5-7,10,13-14,20-21,25H,4,8-9,11-12,15-16H2,1H3. The number of nitrogens with zero attached hydrogens (tertiary/aromatic N) is 2. The Hall–Kier alpha value is -1.75. The normalized spacial score (nSPS) is 29.8. The van der Waals surface area contributed by atoms with Crippen LogP contribution in [0, 0.1) is 5.92 Å². The van der Waals surface area contributed by atoms with Gasteiger partial charge >= 0.3 is 0 Å². The zero-order valence-electron chi connectivity index (χ0n) is 15.5. The maximum Gasteiger partial charge on any atom is 0.0706 e. The van der Waals surface area contributed by atoms with Crippen molar-refractivity contribution in [2.45, 2.75) is 44.4 Å². The van der Waals surface area contributed by atoms with Crippen LogP contribution in [-0.2, 0) is 11.3 Å². The van der Waals surface area contributed by atoms with E-state index in [0.717, 1.165) is 31.5 Å². The molecule has 0 bridgehead atoms. The van der Waals surface area contributed by atoms with E-state index < -0.39 is 5.60 Å². The van der Waals surface area contributed by atoms with E-state index in [4.69, 9.17) is 4.74 Å². The summed E-state index contributed by atoms with van der Waals surface area (Å²) in [6.45, 7) is 5.34. The molecule has 1 aromatic carbocycles. The van der Waals surface area contributed by atoms with Gasteiger partial charge in [-0.1, -0.05) is 24.3 Å². The third-order valence-corrected chi connectivity index (χ3v) is 6.03. The minimum absolute atomic E-state index is 0.195. The Morgan fingerprint density at radius 3 is 2.96 bits per heavy atom. The van der Waals surface area contributed by atoms with Crippen molar-refractivity contribution in [1.82, 2.24) is 9.88 Å². The fraction of sp³-hybridized carbons (Fsp3) is 0.500. The second-order valence-corrected chi connectivity index (χ2v) is 7.91. The summed E-state index contributed by atoms with van der Waals surface area (Å²) in [4.78, 5) is 6.77. The van der Waals surface area contributed by atoms with Crippen LogP contribution in [0.2, 0.25) is 0 Å². The van der Waals surface area contributed by atoms with E-state index in [-0.39, 0.29) is 5.92 Å². The van der Waals surface area contributed by atoms with E-state index in [0.29, 0.717) is 19.3 Å². The predicted molar refractivity (Wildman–Crippen MR) is 103 cm³/mol. The first-order valence-electron chi connectivity index (χ1n) is 9.67. The van der Waals surface area contributed by atoms with E-state index in [1.807, 2.05) is 19.2 Å². The van der Waals surface area contributed by atoms with Crippen molar-refractivity contribution in [2.24, 2.45) is 5.92 Å². The van der Waals surface area contributed by atoms with Gasteiger partial charge in [-0.25, -0.2) is 0 Å². The predicted octanol–water partition coefficient (Wildman–Crippen LogP) is 3.50. The van der Waals surface area contributed by atoms with E-state index in [1.54, 1.807) is 6.20 Å². The number of rotatable bonds is 4. The molecule has 3 unspecified atom stereocenters. The minimum atomic E-state index is -0.622. The molecular formula is C22H28N2O2. The lowest BCUT2D eigenvalue weighted by Crippen LogP contribution is -2.52. The summed E-state index contributed by atoms with van der Waals surface area (Å²) in [7, 11) is 0. The van der Waals surface area contributed by atoms with Gasteiger partial charge in [0.1, 0.15) is 0 Å². The van der Waals surface area contributed by atoms with Crippen LogP contribution in [0.15, 0.2) is 48.8 Å². The highest BCUT2D eigenvalue weighted by Gasteiger charge is 2.43. The molecule has 2 aliphatic rings. The molecule has 0 spiro atoms. The summed E-state index contributed by atoms with van der Waals surface area (Å²) in [5, 5.41) is 10.9. The zero-order valence-corrected chi connectivity index (χ0v) is 15.5. The van der Waals surface area contributed by atoms with Gasteiger partial charge in [-0.05, 0) is 61.6 Å². The molecule has 3 heterocycles. The first-order valence-corrected chi connectivity index (χ1v) is 9.67. The quantitative estimate of drug-likeness (QED) is 0.915. The Morgan fingerprint density at radius 1 is 1.27 bits per heavy atom. The van der Waals surface area contributed by atoms with Crippen molar-refractivity contribution < 1.29 is 9.84 Å². The van der Waals surface area contributed by atoms with Gasteiger partial charge in [0.25, 0.3) is 0 Å². The molecule has 0 radical (unpaired) electrons. The minimum Gasteiger partial charge on any atom is -0.390 e. The van der Waals surface area contributed by atoms with E-state index >= 15 is 0 Å². The lowest BCUT2D eigenvalue weighted by atomic mass is 9.79. The highest BCUT2D eigenvalue weighted by atomic mass is 16.5. The van der Waals surface area contributed by atoms with Crippen LogP contribution in [0.1, 0.15) is 31.7 Å². The molecule has 4 rings (SSSR count). The smallest absolute Gasteiger partial charge is 0.0706 e. The number of hydrogen-bond acceptors (Lipinski definition) is 4. The molecule has 3 atom stereocenters. The molecule has 2 aromatic rings. The third-order valence-electron chi connectivity index (χ3n) is 6.03. The van der Waals surface area contributed by atoms with Gasteiger partial charge in [-0.2, -0.15) is 0 Å². The summed E-state index contributed by atoms with van der Waals surface area (Å²) in [6.07, 6.45) is 6.79. The van der Waals surface area contributed by atoms with Crippen molar-refractivity contribution in [2.75, 3.05) is 19.8 Å². The zero-order chi connectivity index (χ0) is 18.0. The van der Waals surface area contributed by atoms with E-state index in [9.17, 15) is 5.11 Å². The first-order chi connectivity index (χ1) is 12.6. The van der Waals surface area contributed by atoms with Crippen LogP contribution in [0.3, 0.4) is 0 Å². The van der Waals surface area contributed by atoms with Crippen molar-refractivity contribution in [3.05, 3.63) is 54.4 Å². The summed E-state index contributed by atoms with van der Waals surface area (Å²) in [5.74, 6) is 0.195. The Labute approximate surface area is 155 Å². The Balaban J connectivity index is 1.51. The highest BCUT2D eigenvalue weighted by Crippen LogP contribution is 2.36. The molecule has 0 aliphatic carbocycles. The molecule has 4 heteroatoms. The number of pyridine rings is 1. The van der Waals surface area contributed by atoms with Crippen molar-refractivity contribution in [1.29, 1.82) is 0 Å². The summed E-state index contributed by atoms with van der Waals surface area (Å²) >= 11 is 0. The summed E-state index contributed by atoms with van der Waals surface area (Å²) in [6, 6.07) is 13.2. The third kappa shape index (κ3) is 3.68. The largest absolute Gasteiger partial charge is 0.390 e. The van der Waals surface area contributed by atoms with Gasteiger partial charge in [-0.3, -0.25) is 9.88 Å². The van der Waals surface area contributed by atoms with Gasteiger partial charge < -0.3 is 9.84 Å². The fourth-order valence-electron chi connectivity index (χ4n) is 4.50. The average molecular weight is 352 g/mol. The number of aromatic nitrogens is 1. The molecule has 1 N–H and O–H groups in total. The van der Waals surface area contributed by atoms with Gasteiger partial charge in [0, 0.05) is 37.5 Å². The lowest BCUT2D eigenvalue weighted by Gasteiger charge is -2.43. The number of benzene rings is 1. The van der Waals surface area contributed by atoms with E-state index in [1.165, 1.54) is 17.5 Å². The summed E-state index contributed by atoms with van der Waals surface area (Å²) in [5.41, 5.74) is 3.05. The van der Waals surface area contributed by atoms with E-state index in [2.05, 4.69) is 40.2 Å². The molecule has 0 saturated carbocycles. The van der Waals surface area contributed by atoms with Gasteiger partial charge in [0.2, 0.25) is 0 Å². The SMILES string of the molecule is CC1(O)CCOCC1C1CCCN1Cc1cccc(-c2cccnc2)c1. The van der Waals surface area contributed by atoms with Gasteiger partial charge in [0.05, 0.1) is 12.2 Å². The number of likely N-dealkylation sites (tertiary alicyclic amines) is 1. The van der Waals surface area contributed by atoms with Crippen molar-refractivity contribution in [3.8, 4) is 11.1 Å². The Kier molecular flexibility index (Phi) is 5.07. The maximum absolute atomic E-state index is 10.9. The molecule has 2 fully saturated rings. The molecular weight excluding hydrogens is 324 g/mol. The monoisotopic (exact) mass is 352 g/mol. The highest BCUT2D eigenvalue weighted by molar-refractivity contribution is 5.62. The number of ether oxygens (including phenoxy) is 1. The Morgan fingerprint density at radius 2 is 2.15 bits per heavy atom. The second kappa shape index (κ2) is 7.47. The van der Waals surface area contributed by atoms with Gasteiger partial charge in [0.15, 0.2) is 0 Å². The molecule has 26 heavy (non-hydrogen) atoms. The molecule has 1 aromatic heterocycles. The number of hydrogen-bond donors (Lipinski definition) is 1. The molecule has 2 saturated heterocycles. The van der Waals surface area contributed by atoms with Crippen LogP contribution >= 0.6 is 0 Å². The lowest BCUT2D eigenvalue weighted by molar-refractivity contribution is -0.123. The van der Waals surface area contributed by atoms with Gasteiger partial charge in [-0.15, -0.1) is 0 Å². The Bertz CT molecular complexity index is 732. The van der Waals surface area contributed by atoms with Crippen LogP contribution in [0.4, 0.5) is 0 Å². The maximum atomic E-state index is 10.9.